The Kier molecular flexibility index (Phi) is 4.07. The summed E-state index contributed by atoms with van der Waals surface area (Å²) in [6.45, 7) is 0.631. The summed E-state index contributed by atoms with van der Waals surface area (Å²) in [6, 6.07) is 4.22. The molecule has 1 aromatic carbocycles. The van der Waals surface area contributed by atoms with Crippen molar-refractivity contribution in [3.8, 4) is 0 Å². The minimum Gasteiger partial charge on any atom is -0.374 e. The van der Waals surface area contributed by atoms with Crippen LogP contribution in [0, 0.1) is 11.7 Å². The third kappa shape index (κ3) is 2.74. The topological polar surface area (TPSA) is 26.3 Å². The van der Waals surface area contributed by atoms with Crippen molar-refractivity contribution in [1.82, 2.24) is 0 Å². The van der Waals surface area contributed by atoms with Crippen LogP contribution in [0.25, 0.3) is 0 Å². The van der Waals surface area contributed by atoms with Crippen LogP contribution in [0.2, 0.25) is 5.02 Å². The first-order valence-corrected chi connectivity index (χ1v) is 8.34. The standard InChI is InChI=1S/C15H16ClFO2S/c16-12-7-10(1-2-13(12)17)14(18)11-3-5-19-15(8-11)4-6-20-9-15/h1-2,7,11H,3-6,8-9H2. The van der Waals surface area contributed by atoms with Crippen LogP contribution in [-0.4, -0.2) is 29.5 Å². The van der Waals surface area contributed by atoms with Crippen molar-refractivity contribution in [1.29, 1.82) is 0 Å². The van der Waals surface area contributed by atoms with E-state index in [9.17, 15) is 9.18 Å². The highest BCUT2D eigenvalue weighted by atomic mass is 35.5. The summed E-state index contributed by atoms with van der Waals surface area (Å²) in [5.41, 5.74) is 0.386. The van der Waals surface area contributed by atoms with Gasteiger partial charge in [-0.3, -0.25) is 4.79 Å². The van der Waals surface area contributed by atoms with Crippen molar-refractivity contribution in [3.05, 3.63) is 34.6 Å². The van der Waals surface area contributed by atoms with Gasteiger partial charge in [0.1, 0.15) is 5.82 Å². The van der Waals surface area contributed by atoms with E-state index < -0.39 is 5.82 Å². The fourth-order valence-corrected chi connectivity index (χ4v) is 4.56. The van der Waals surface area contributed by atoms with Crippen LogP contribution in [0.15, 0.2) is 18.2 Å². The van der Waals surface area contributed by atoms with Gasteiger partial charge in [-0.2, -0.15) is 11.8 Å². The van der Waals surface area contributed by atoms with E-state index in [1.54, 1.807) is 0 Å². The van der Waals surface area contributed by atoms with Gasteiger partial charge >= 0.3 is 0 Å². The maximum atomic E-state index is 13.2. The molecule has 1 aromatic rings. The van der Waals surface area contributed by atoms with E-state index in [2.05, 4.69) is 0 Å². The van der Waals surface area contributed by atoms with Gasteiger partial charge in [-0.1, -0.05) is 11.6 Å². The van der Waals surface area contributed by atoms with E-state index >= 15 is 0 Å². The zero-order valence-electron chi connectivity index (χ0n) is 11.0. The Hall–Kier alpha value is -0.580. The van der Waals surface area contributed by atoms with Crippen LogP contribution < -0.4 is 0 Å². The number of Topliss-reactive ketones (excluding diaryl/α,β-unsaturated/α-hetero) is 1. The Morgan fingerprint density at radius 1 is 1.50 bits per heavy atom. The molecule has 0 amide bonds. The number of ketones is 1. The van der Waals surface area contributed by atoms with Crippen LogP contribution in [0.4, 0.5) is 4.39 Å². The van der Waals surface area contributed by atoms with Crippen molar-refractivity contribution in [2.24, 2.45) is 5.92 Å². The van der Waals surface area contributed by atoms with Crippen molar-refractivity contribution < 1.29 is 13.9 Å². The van der Waals surface area contributed by atoms with E-state index in [0.29, 0.717) is 12.2 Å². The number of ether oxygens (including phenoxy) is 1. The quantitative estimate of drug-likeness (QED) is 0.773. The van der Waals surface area contributed by atoms with E-state index in [1.807, 2.05) is 11.8 Å². The highest BCUT2D eigenvalue weighted by molar-refractivity contribution is 7.99. The summed E-state index contributed by atoms with van der Waals surface area (Å²) in [6.07, 6.45) is 2.53. The fraction of sp³-hybridized carbons (Fsp3) is 0.533. The number of hydrogen-bond donors (Lipinski definition) is 0. The molecule has 2 atom stereocenters. The normalized spacial score (nSPS) is 29.8. The van der Waals surface area contributed by atoms with Gasteiger partial charge in [-0.05, 0) is 43.2 Å². The first-order valence-electron chi connectivity index (χ1n) is 6.81. The Balaban J connectivity index is 1.77. The monoisotopic (exact) mass is 314 g/mol. The molecule has 0 saturated carbocycles. The number of carbonyl (C=O) groups excluding carboxylic acids is 1. The maximum absolute atomic E-state index is 13.2. The number of hydrogen-bond acceptors (Lipinski definition) is 3. The van der Waals surface area contributed by atoms with Gasteiger partial charge in [0.25, 0.3) is 0 Å². The Morgan fingerprint density at radius 3 is 3.05 bits per heavy atom. The second-order valence-corrected chi connectivity index (χ2v) is 7.03. The lowest BCUT2D eigenvalue weighted by molar-refractivity contribution is -0.0734. The minimum atomic E-state index is -0.487. The van der Waals surface area contributed by atoms with Gasteiger partial charge in [0, 0.05) is 23.8 Å². The maximum Gasteiger partial charge on any atom is 0.166 e. The molecule has 0 bridgehead atoms. The lowest BCUT2D eigenvalue weighted by atomic mass is 9.81. The molecule has 2 aliphatic heterocycles. The van der Waals surface area contributed by atoms with E-state index in [-0.39, 0.29) is 22.3 Å². The molecule has 2 saturated heterocycles. The Morgan fingerprint density at radius 2 is 2.35 bits per heavy atom. The minimum absolute atomic E-state index is 0.00837. The summed E-state index contributed by atoms with van der Waals surface area (Å²) in [5, 5.41) is 0.00837. The summed E-state index contributed by atoms with van der Waals surface area (Å²) >= 11 is 7.65. The average molecular weight is 315 g/mol. The molecule has 3 rings (SSSR count). The molecule has 2 heterocycles. The fourth-order valence-electron chi connectivity index (χ4n) is 3.00. The van der Waals surface area contributed by atoms with Crippen molar-refractivity contribution in [2.75, 3.05) is 18.1 Å². The second kappa shape index (κ2) is 5.66. The van der Waals surface area contributed by atoms with Crippen LogP contribution >= 0.6 is 23.4 Å². The van der Waals surface area contributed by atoms with Crippen LogP contribution in [0.5, 0.6) is 0 Å². The summed E-state index contributed by atoms with van der Waals surface area (Å²) in [7, 11) is 0. The first kappa shape index (κ1) is 14.4. The molecule has 5 heteroatoms. The molecular weight excluding hydrogens is 299 g/mol. The highest BCUT2D eigenvalue weighted by Gasteiger charge is 2.42. The van der Waals surface area contributed by atoms with E-state index in [4.69, 9.17) is 16.3 Å². The second-order valence-electron chi connectivity index (χ2n) is 5.52. The van der Waals surface area contributed by atoms with Gasteiger partial charge in [0.2, 0.25) is 0 Å². The predicted octanol–water partition coefficient (Wildman–Crippen LogP) is 3.96. The van der Waals surface area contributed by atoms with Gasteiger partial charge in [0.05, 0.1) is 10.6 Å². The molecule has 0 aliphatic carbocycles. The molecule has 2 fully saturated rings. The van der Waals surface area contributed by atoms with Gasteiger partial charge < -0.3 is 4.74 Å². The molecule has 2 nitrogen and oxygen atoms in total. The molecule has 1 spiro atoms. The smallest absolute Gasteiger partial charge is 0.166 e. The number of thioether (sulfide) groups is 1. The number of halogens is 2. The van der Waals surface area contributed by atoms with Gasteiger partial charge in [-0.15, -0.1) is 0 Å². The molecular formula is C15H16ClFO2S. The lowest BCUT2D eigenvalue weighted by Gasteiger charge is -2.37. The van der Waals surface area contributed by atoms with Crippen LogP contribution in [0.1, 0.15) is 29.6 Å². The third-order valence-electron chi connectivity index (χ3n) is 4.14. The molecule has 20 heavy (non-hydrogen) atoms. The number of benzene rings is 1. The van der Waals surface area contributed by atoms with Crippen molar-refractivity contribution >= 4 is 29.1 Å². The van der Waals surface area contributed by atoms with E-state index in [0.717, 1.165) is 30.8 Å². The predicted molar refractivity (Wildman–Crippen MR) is 79.1 cm³/mol. The zero-order valence-corrected chi connectivity index (χ0v) is 12.6. The molecule has 2 aliphatic rings. The average Bonchev–Trinajstić information content (AvgIpc) is 2.89. The van der Waals surface area contributed by atoms with Crippen molar-refractivity contribution in [3.63, 3.8) is 0 Å². The molecule has 0 radical (unpaired) electrons. The van der Waals surface area contributed by atoms with E-state index in [1.165, 1.54) is 18.2 Å². The molecule has 0 aromatic heterocycles. The zero-order chi connectivity index (χ0) is 14.2. The molecule has 0 N–H and O–H groups in total. The van der Waals surface area contributed by atoms with Crippen molar-refractivity contribution in [2.45, 2.75) is 24.9 Å². The SMILES string of the molecule is O=C(c1ccc(F)c(Cl)c1)C1CCOC2(CCSC2)C1. The van der Waals surface area contributed by atoms with Gasteiger partial charge in [0.15, 0.2) is 5.78 Å². The largest absolute Gasteiger partial charge is 0.374 e. The third-order valence-corrected chi connectivity index (χ3v) is 5.65. The lowest BCUT2D eigenvalue weighted by Crippen LogP contribution is -2.42. The molecule has 2 unspecified atom stereocenters. The van der Waals surface area contributed by atoms with Gasteiger partial charge in [-0.25, -0.2) is 4.39 Å². The summed E-state index contributed by atoms with van der Waals surface area (Å²) in [5.74, 6) is 1.61. The Labute approximate surface area is 127 Å². The molecule has 108 valence electrons. The van der Waals surface area contributed by atoms with Crippen LogP contribution in [-0.2, 0) is 4.74 Å². The number of rotatable bonds is 2. The highest BCUT2D eigenvalue weighted by Crippen LogP contribution is 2.41. The summed E-state index contributed by atoms with van der Waals surface area (Å²) < 4.78 is 19.1. The first-order chi connectivity index (χ1) is 9.60. The van der Waals surface area contributed by atoms with Crippen LogP contribution in [0.3, 0.4) is 0 Å². The Bertz CT molecular complexity index is 529. The number of carbonyl (C=O) groups is 1. The summed E-state index contributed by atoms with van der Waals surface area (Å²) in [4.78, 5) is 12.6.